The van der Waals surface area contributed by atoms with Crippen molar-refractivity contribution < 1.29 is 9.13 Å². The molecule has 0 aliphatic heterocycles. The minimum atomic E-state index is -0.284. The first-order valence-corrected chi connectivity index (χ1v) is 8.35. The Hall–Kier alpha value is -0.650. The van der Waals surface area contributed by atoms with Crippen molar-refractivity contribution in [1.82, 2.24) is 9.55 Å². The van der Waals surface area contributed by atoms with Crippen LogP contribution in [0.1, 0.15) is 31.6 Å². The second kappa shape index (κ2) is 7.56. The minimum Gasteiger partial charge on any atom is -0.383 e. The van der Waals surface area contributed by atoms with Crippen molar-refractivity contribution in [1.29, 1.82) is 0 Å². The van der Waals surface area contributed by atoms with Gasteiger partial charge in [0.15, 0.2) is 0 Å². The number of hydrogen-bond acceptors (Lipinski definition) is 2. The van der Waals surface area contributed by atoms with Crippen molar-refractivity contribution in [3.63, 3.8) is 0 Å². The molecule has 0 aliphatic carbocycles. The second-order valence-electron chi connectivity index (χ2n) is 4.99. The zero-order valence-electron chi connectivity index (χ0n) is 12.2. The second-order valence-corrected chi connectivity index (χ2v) is 6.22. The lowest BCUT2D eigenvalue weighted by Gasteiger charge is -2.20. The van der Waals surface area contributed by atoms with E-state index in [9.17, 15) is 4.39 Å². The van der Waals surface area contributed by atoms with Gasteiger partial charge in [-0.25, -0.2) is 9.37 Å². The summed E-state index contributed by atoms with van der Waals surface area (Å²) in [4.78, 5) is 4.62. The van der Waals surface area contributed by atoms with Crippen LogP contribution in [0.15, 0.2) is 16.6 Å². The van der Waals surface area contributed by atoms with Crippen LogP contribution in [0.4, 0.5) is 4.39 Å². The van der Waals surface area contributed by atoms with Crippen LogP contribution in [0.2, 0.25) is 0 Å². The molecule has 0 fully saturated rings. The molecule has 116 valence electrons. The Labute approximate surface area is 137 Å². The van der Waals surface area contributed by atoms with E-state index in [1.54, 1.807) is 13.2 Å². The Bertz CT molecular complexity index is 611. The number of hydrogen-bond donors (Lipinski definition) is 0. The van der Waals surface area contributed by atoms with Gasteiger partial charge in [-0.1, -0.05) is 13.3 Å². The number of methoxy groups -OCH3 is 1. The molecule has 1 heterocycles. The zero-order valence-corrected chi connectivity index (χ0v) is 14.5. The molecule has 0 amide bonds. The predicted molar refractivity (Wildman–Crippen MR) is 87.6 cm³/mol. The lowest BCUT2D eigenvalue weighted by atomic mass is 10.1. The van der Waals surface area contributed by atoms with Crippen LogP contribution in [0.5, 0.6) is 0 Å². The summed E-state index contributed by atoms with van der Waals surface area (Å²) in [5, 5.41) is 0. The number of benzene rings is 1. The van der Waals surface area contributed by atoms with Crippen molar-refractivity contribution >= 4 is 38.6 Å². The SMILES string of the molecule is CCCC(COC)n1c(CCCl)nc2cc(Br)c(F)cc21. The quantitative estimate of drug-likeness (QED) is 0.654. The van der Waals surface area contributed by atoms with E-state index in [1.165, 1.54) is 6.07 Å². The summed E-state index contributed by atoms with van der Waals surface area (Å²) in [5.41, 5.74) is 1.58. The summed E-state index contributed by atoms with van der Waals surface area (Å²) >= 11 is 9.10. The highest BCUT2D eigenvalue weighted by Crippen LogP contribution is 2.29. The molecule has 1 atom stereocenters. The molecule has 2 rings (SSSR count). The van der Waals surface area contributed by atoms with Gasteiger partial charge < -0.3 is 9.30 Å². The van der Waals surface area contributed by atoms with Gasteiger partial charge in [0, 0.05) is 25.5 Å². The van der Waals surface area contributed by atoms with Gasteiger partial charge in [0.25, 0.3) is 0 Å². The van der Waals surface area contributed by atoms with E-state index in [4.69, 9.17) is 16.3 Å². The lowest BCUT2D eigenvalue weighted by molar-refractivity contribution is 0.151. The molecule has 0 aliphatic rings. The van der Waals surface area contributed by atoms with Crippen LogP contribution in [0.25, 0.3) is 11.0 Å². The van der Waals surface area contributed by atoms with Crippen molar-refractivity contribution in [3.8, 4) is 0 Å². The van der Waals surface area contributed by atoms with Crippen LogP contribution in [-0.4, -0.2) is 29.1 Å². The standard InChI is InChI=1S/C15H19BrClFN2O/c1-3-4-10(9-21-2)20-14-8-12(18)11(16)7-13(14)19-15(20)5-6-17/h7-8,10H,3-6,9H2,1-2H3. The highest BCUT2D eigenvalue weighted by molar-refractivity contribution is 9.10. The Morgan fingerprint density at radius 2 is 2.24 bits per heavy atom. The Morgan fingerprint density at radius 3 is 2.86 bits per heavy atom. The molecule has 1 aromatic carbocycles. The van der Waals surface area contributed by atoms with Gasteiger partial charge in [-0.15, -0.1) is 11.6 Å². The van der Waals surface area contributed by atoms with E-state index in [-0.39, 0.29) is 11.9 Å². The van der Waals surface area contributed by atoms with E-state index in [0.717, 1.165) is 29.7 Å². The third-order valence-corrected chi connectivity index (χ3v) is 4.27. The first kappa shape index (κ1) is 16.7. The largest absolute Gasteiger partial charge is 0.383 e. The van der Waals surface area contributed by atoms with Crippen LogP contribution in [0.3, 0.4) is 0 Å². The number of nitrogens with zero attached hydrogens (tertiary/aromatic N) is 2. The molecular weight excluding hydrogens is 359 g/mol. The third-order valence-electron chi connectivity index (χ3n) is 3.47. The fraction of sp³-hybridized carbons (Fsp3) is 0.533. The molecule has 1 aromatic heterocycles. The van der Waals surface area contributed by atoms with Crippen molar-refractivity contribution in [3.05, 3.63) is 28.2 Å². The summed E-state index contributed by atoms with van der Waals surface area (Å²) in [7, 11) is 1.68. The van der Waals surface area contributed by atoms with Crippen molar-refractivity contribution in [2.45, 2.75) is 32.2 Å². The predicted octanol–water partition coefficient (Wildman–Crippen LogP) is 4.71. The molecule has 1 unspecified atom stereocenters. The van der Waals surface area contributed by atoms with Gasteiger partial charge >= 0.3 is 0 Å². The molecule has 0 spiro atoms. The maximum atomic E-state index is 13.9. The smallest absolute Gasteiger partial charge is 0.139 e. The molecule has 0 saturated carbocycles. The molecule has 3 nitrogen and oxygen atoms in total. The molecule has 0 N–H and O–H groups in total. The van der Waals surface area contributed by atoms with Crippen LogP contribution >= 0.6 is 27.5 Å². The van der Waals surface area contributed by atoms with E-state index >= 15 is 0 Å². The zero-order chi connectivity index (χ0) is 15.4. The van der Waals surface area contributed by atoms with Gasteiger partial charge in [0.2, 0.25) is 0 Å². The van der Waals surface area contributed by atoms with Gasteiger partial charge in [-0.3, -0.25) is 0 Å². The minimum absolute atomic E-state index is 0.142. The van der Waals surface area contributed by atoms with E-state index in [2.05, 4.69) is 32.4 Å². The summed E-state index contributed by atoms with van der Waals surface area (Å²) in [6, 6.07) is 3.39. The Kier molecular flexibility index (Phi) is 6.02. The monoisotopic (exact) mass is 376 g/mol. The maximum Gasteiger partial charge on any atom is 0.139 e. The number of aromatic nitrogens is 2. The van der Waals surface area contributed by atoms with Crippen molar-refractivity contribution in [2.24, 2.45) is 0 Å². The molecule has 0 bridgehead atoms. The number of halogens is 3. The van der Waals surface area contributed by atoms with Crippen molar-refractivity contribution in [2.75, 3.05) is 19.6 Å². The van der Waals surface area contributed by atoms with Gasteiger partial charge in [0.1, 0.15) is 11.6 Å². The highest BCUT2D eigenvalue weighted by atomic mass is 79.9. The Balaban J connectivity index is 2.60. The first-order chi connectivity index (χ1) is 10.1. The normalized spacial score (nSPS) is 13.0. The summed E-state index contributed by atoms with van der Waals surface area (Å²) in [5.74, 6) is 1.08. The first-order valence-electron chi connectivity index (χ1n) is 7.03. The summed E-state index contributed by atoms with van der Waals surface area (Å²) < 4.78 is 21.8. The summed E-state index contributed by atoms with van der Waals surface area (Å²) in [6.45, 7) is 2.70. The maximum absolute atomic E-state index is 13.9. The fourth-order valence-corrected chi connectivity index (χ4v) is 3.12. The van der Waals surface area contributed by atoms with Gasteiger partial charge in [-0.2, -0.15) is 0 Å². The fourth-order valence-electron chi connectivity index (χ4n) is 2.62. The molecule has 6 heteroatoms. The van der Waals surface area contributed by atoms with Crippen LogP contribution < -0.4 is 0 Å². The molecular formula is C15H19BrClFN2O. The number of rotatable bonds is 7. The summed E-state index contributed by atoms with van der Waals surface area (Å²) in [6.07, 6.45) is 2.62. The number of ether oxygens (including phenoxy) is 1. The highest BCUT2D eigenvalue weighted by Gasteiger charge is 2.19. The lowest BCUT2D eigenvalue weighted by Crippen LogP contribution is -2.17. The number of imidazole rings is 1. The van der Waals surface area contributed by atoms with Crippen LogP contribution in [-0.2, 0) is 11.2 Å². The average Bonchev–Trinajstić information content (AvgIpc) is 2.77. The third kappa shape index (κ3) is 3.58. The van der Waals surface area contributed by atoms with Gasteiger partial charge in [-0.05, 0) is 28.4 Å². The van der Waals surface area contributed by atoms with Gasteiger partial charge in [0.05, 0.1) is 28.2 Å². The van der Waals surface area contributed by atoms with E-state index < -0.39 is 0 Å². The number of aryl methyl sites for hydroxylation is 1. The number of fused-ring (bicyclic) bond motifs is 1. The van der Waals surface area contributed by atoms with E-state index in [1.807, 2.05) is 0 Å². The topological polar surface area (TPSA) is 27.1 Å². The average molecular weight is 378 g/mol. The Morgan fingerprint density at radius 1 is 1.48 bits per heavy atom. The molecule has 21 heavy (non-hydrogen) atoms. The molecule has 0 radical (unpaired) electrons. The number of alkyl halides is 1. The molecule has 2 aromatic rings. The van der Waals surface area contributed by atoms with E-state index in [0.29, 0.717) is 23.4 Å². The molecule has 0 saturated heterocycles. The van der Waals surface area contributed by atoms with Crippen LogP contribution in [0, 0.1) is 5.82 Å².